The molecule has 0 aliphatic carbocycles. The Hall–Kier alpha value is -2.40. The van der Waals surface area contributed by atoms with Gasteiger partial charge in [0.25, 0.3) is 0 Å². The minimum absolute atomic E-state index is 0.0260. The van der Waals surface area contributed by atoms with Crippen molar-refractivity contribution in [3.8, 4) is 0 Å². The summed E-state index contributed by atoms with van der Waals surface area (Å²) in [4.78, 5) is 27.2. The molecule has 100 valence electrons. The number of halogens is 1. The van der Waals surface area contributed by atoms with E-state index in [9.17, 15) is 9.59 Å². The minimum atomic E-state index is -1.23. The van der Waals surface area contributed by atoms with Crippen molar-refractivity contribution in [3.05, 3.63) is 50.8 Å². The number of carbonyl (C=O) groups is 1. The largest absolute Gasteiger partial charge is 0.478 e. The van der Waals surface area contributed by atoms with Crippen molar-refractivity contribution in [1.29, 1.82) is 0 Å². The third-order valence-corrected chi connectivity index (χ3v) is 3.27. The van der Waals surface area contributed by atoms with Crippen molar-refractivity contribution >= 4 is 39.6 Å². The van der Waals surface area contributed by atoms with Gasteiger partial charge >= 0.3 is 5.97 Å². The van der Waals surface area contributed by atoms with Crippen molar-refractivity contribution in [2.45, 2.75) is 6.92 Å². The van der Waals surface area contributed by atoms with Crippen molar-refractivity contribution in [1.82, 2.24) is 4.98 Å². The number of nitrogens with zero attached hydrogens (tertiary/aromatic N) is 1. The second-order valence-corrected chi connectivity index (χ2v) is 4.77. The number of carboxylic acids is 1. The molecule has 0 amide bonds. The highest BCUT2D eigenvalue weighted by Gasteiger charge is 2.16. The lowest BCUT2D eigenvalue weighted by molar-refractivity contribution is 0.0696. The number of hydrogen-bond donors (Lipinski definition) is 1. The van der Waals surface area contributed by atoms with Gasteiger partial charge in [-0.2, -0.15) is 0 Å². The van der Waals surface area contributed by atoms with Crippen LogP contribution in [0.1, 0.15) is 15.9 Å². The molecule has 0 atom stereocenters. The Morgan fingerprint density at radius 2 is 2.05 bits per heavy atom. The fourth-order valence-electron chi connectivity index (χ4n) is 2.02. The Bertz CT molecular complexity index is 930. The summed E-state index contributed by atoms with van der Waals surface area (Å²) in [5, 5.41) is 9.16. The molecule has 0 fully saturated rings. The molecule has 2 aromatic heterocycles. The van der Waals surface area contributed by atoms with Crippen LogP contribution in [-0.4, -0.2) is 16.1 Å². The van der Waals surface area contributed by atoms with Gasteiger partial charge in [-0.3, -0.25) is 4.79 Å². The van der Waals surface area contributed by atoms with Gasteiger partial charge in [-0.1, -0.05) is 23.2 Å². The standard InChI is InChI=1S/C14H8ClNO4/c1-6-2-3-9-7(4-6)12(17)11-10(20-9)5-8(14(18)19)13(15)16-11/h2-5H,1H3,(H,18,19). The van der Waals surface area contributed by atoms with Gasteiger partial charge in [-0.25, -0.2) is 9.78 Å². The average Bonchev–Trinajstić information content (AvgIpc) is 2.40. The zero-order chi connectivity index (χ0) is 14.4. The van der Waals surface area contributed by atoms with Crippen LogP contribution in [0.2, 0.25) is 5.15 Å². The molecular weight excluding hydrogens is 282 g/mol. The number of fused-ring (bicyclic) bond motifs is 2. The van der Waals surface area contributed by atoms with Crippen LogP contribution in [0.15, 0.2) is 33.5 Å². The molecule has 3 aromatic rings. The van der Waals surface area contributed by atoms with Crippen LogP contribution in [-0.2, 0) is 0 Å². The number of benzene rings is 1. The van der Waals surface area contributed by atoms with Crippen LogP contribution < -0.4 is 5.43 Å². The van der Waals surface area contributed by atoms with E-state index in [-0.39, 0.29) is 27.2 Å². The molecule has 0 spiro atoms. The number of pyridine rings is 1. The van der Waals surface area contributed by atoms with E-state index in [0.29, 0.717) is 11.0 Å². The van der Waals surface area contributed by atoms with E-state index in [2.05, 4.69) is 4.98 Å². The molecule has 6 heteroatoms. The summed E-state index contributed by atoms with van der Waals surface area (Å²) in [6.45, 7) is 1.86. The summed E-state index contributed by atoms with van der Waals surface area (Å²) < 4.78 is 5.54. The summed E-state index contributed by atoms with van der Waals surface area (Å²) in [5.74, 6) is -1.23. The monoisotopic (exact) mass is 289 g/mol. The molecule has 1 aromatic carbocycles. The molecule has 0 radical (unpaired) electrons. The lowest BCUT2D eigenvalue weighted by Gasteiger charge is -2.04. The summed E-state index contributed by atoms with van der Waals surface area (Å²) in [7, 11) is 0. The first-order valence-corrected chi connectivity index (χ1v) is 6.12. The lowest BCUT2D eigenvalue weighted by Crippen LogP contribution is -2.07. The highest BCUT2D eigenvalue weighted by molar-refractivity contribution is 6.32. The fourth-order valence-corrected chi connectivity index (χ4v) is 2.24. The van der Waals surface area contributed by atoms with Gasteiger partial charge in [0.05, 0.1) is 5.39 Å². The van der Waals surface area contributed by atoms with E-state index >= 15 is 0 Å². The molecule has 1 N–H and O–H groups in total. The van der Waals surface area contributed by atoms with Gasteiger partial charge in [-0.15, -0.1) is 0 Å². The normalized spacial score (nSPS) is 11.1. The summed E-state index contributed by atoms with van der Waals surface area (Å²) in [6, 6.07) is 6.38. The number of carboxylic acid groups (broad SMARTS) is 1. The van der Waals surface area contributed by atoms with Crippen LogP contribution in [0.25, 0.3) is 22.1 Å². The zero-order valence-electron chi connectivity index (χ0n) is 10.3. The van der Waals surface area contributed by atoms with E-state index in [4.69, 9.17) is 21.1 Å². The Morgan fingerprint density at radius 3 is 2.75 bits per heavy atom. The number of aromatic carboxylic acids is 1. The predicted molar refractivity (Wildman–Crippen MR) is 74.5 cm³/mol. The molecular formula is C14H8ClNO4. The smallest absolute Gasteiger partial charge is 0.338 e. The van der Waals surface area contributed by atoms with Gasteiger partial charge in [0, 0.05) is 6.07 Å². The van der Waals surface area contributed by atoms with Gasteiger partial charge in [0.15, 0.2) is 11.1 Å². The number of hydrogen-bond acceptors (Lipinski definition) is 4. The molecule has 5 nitrogen and oxygen atoms in total. The summed E-state index contributed by atoms with van der Waals surface area (Å²) in [6.07, 6.45) is 0. The van der Waals surface area contributed by atoms with Crippen LogP contribution >= 0.6 is 11.6 Å². The maximum absolute atomic E-state index is 12.3. The van der Waals surface area contributed by atoms with Crippen LogP contribution in [0.4, 0.5) is 0 Å². The maximum Gasteiger partial charge on any atom is 0.338 e. The first-order chi connectivity index (χ1) is 9.47. The molecule has 2 heterocycles. The molecule has 0 aliphatic rings. The molecule has 0 unspecified atom stereocenters. The zero-order valence-corrected chi connectivity index (χ0v) is 11.1. The second kappa shape index (κ2) is 4.31. The maximum atomic E-state index is 12.3. The van der Waals surface area contributed by atoms with E-state index in [1.165, 1.54) is 6.07 Å². The third-order valence-electron chi connectivity index (χ3n) is 2.99. The number of rotatable bonds is 1. The SMILES string of the molecule is Cc1ccc2oc3cc(C(=O)O)c(Cl)nc3c(=O)c2c1. The first-order valence-electron chi connectivity index (χ1n) is 5.74. The Kier molecular flexibility index (Phi) is 2.72. The first kappa shape index (κ1) is 12.6. The number of aryl methyl sites for hydroxylation is 1. The Labute approximate surface area is 117 Å². The average molecular weight is 290 g/mol. The minimum Gasteiger partial charge on any atom is -0.478 e. The van der Waals surface area contributed by atoms with Crippen molar-refractivity contribution < 1.29 is 14.3 Å². The van der Waals surface area contributed by atoms with Gasteiger partial charge in [-0.05, 0) is 19.1 Å². The van der Waals surface area contributed by atoms with Gasteiger partial charge in [0.1, 0.15) is 16.3 Å². The molecule has 0 bridgehead atoms. The molecule has 0 saturated carbocycles. The van der Waals surface area contributed by atoms with Crippen molar-refractivity contribution in [2.24, 2.45) is 0 Å². The topological polar surface area (TPSA) is 80.4 Å². The quantitative estimate of drug-likeness (QED) is 0.550. The Balaban J connectivity index is 2.50. The highest BCUT2D eigenvalue weighted by Crippen LogP contribution is 2.23. The van der Waals surface area contributed by atoms with Crippen molar-refractivity contribution in [2.75, 3.05) is 0 Å². The van der Waals surface area contributed by atoms with Gasteiger partial charge in [0.2, 0.25) is 5.43 Å². The van der Waals surface area contributed by atoms with Crippen LogP contribution in [0, 0.1) is 6.92 Å². The van der Waals surface area contributed by atoms with E-state index in [0.717, 1.165) is 5.56 Å². The molecule has 0 aliphatic heterocycles. The highest BCUT2D eigenvalue weighted by atomic mass is 35.5. The second-order valence-electron chi connectivity index (χ2n) is 4.41. The van der Waals surface area contributed by atoms with Gasteiger partial charge < -0.3 is 9.52 Å². The molecule has 3 rings (SSSR count). The fraction of sp³-hybridized carbons (Fsp3) is 0.0714. The molecule has 20 heavy (non-hydrogen) atoms. The number of aromatic nitrogens is 1. The predicted octanol–water partition coefficient (Wildman–Crippen LogP) is 3.00. The van der Waals surface area contributed by atoms with Crippen molar-refractivity contribution in [3.63, 3.8) is 0 Å². The summed E-state index contributed by atoms with van der Waals surface area (Å²) in [5.41, 5.74) is 0.898. The van der Waals surface area contributed by atoms with E-state index in [1.807, 2.05) is 6.92 Å². The van der Waals surface area contributed by atoms with E-state index in [1.54, 1.807) is 18.2 Å². The lowest BCUT2D eigenvalue weighted by atomic mass is 10.1. The van der Waals surface area contributed by atoms with E-state index < -0.39 is 5.97 Å². The summed E-state index contributed by atoms with van der Waals surface area (Å²) >= 11 is 5.78. The third kappa shape index (κ3) is 1.83. The Morgan fingerprint density at radius 1 is 1.30 bits per heavy atom. The van der Waals surface area contributed by atoms with Crippen LogP contribution in [0.3, 0.4) is 0 Å². The van der Waals surface area contributed by atoms with Crippen LogP contribution in [0.5, 0.6) is 0 Å². The molecule has 0 saturated heterocycles.